The number of guanidine groups is 1. The molecule has 0 saturated carbocycles. The third kappa shape index (κ3) is 7.85. The standard InChI is InChI=1S/C16H28F3N5O.HI/c1-2-20-15(21-6-5-16(17,18)19)24-11-9-22(10-12-24)13-14(25)23-7-3-4-8-23;/h2-13H2,1H3,(H,20,21);1H. The van der Waals surface area contributed by atoms with E-state index in [9.17, 15) is 18.0 Å². The molecule has 0 unspecified atom stereocenters. The molecule has 2 heterocycles. The second kappa shape index (κ2) is 11.2. The van der Waals surface area contributed by atoms with Gasteiger partial charge in [0, 0.05) is 45.8 Å². The van der Waals surface area contributed by atoms with E-state index in [1.165, 1.54) is 0 Å². The zero-order chi connectivity index (χ0) is 18.3. The Morgan fingerprint density at radius 2 is 1.65 bits per heavy atom. The van der Waals surface area contributed by atoms with Crippen molar-refractivity contribution in [2.45, 2.75) is 32.4 Å². The van der Waals surface area contributed by atoms with E-state index in [1.807, 2.05) is 16.7 Å². The number of hydrogen-bond donors (Lipinski definition) is 1. The molecule has 0 aromatic rings. The molecule has 1 N–H and O–H groups in total. The van der Waals surface area contributed by atoms with Gasteiger partial charge in [0.05, 0.1) is 19.5 Å². The number of carbonyl (C=O) groups excluding carboxylic acids is 1. The number of amides is 1. The molecule has 2 saturated heterocycles. The summed E-state index contributed by atoms with van der Waals surface area (Å²) in [5.41, 5.74) is 0. The van der Waals surface area contributed by atoms with Gasteiger partial charge in [-0.2, -0.15) is 13.2 Å². The van der Waals surface area contributed by atoms with E-state index in [-0.39, 0.29) is 36.4 Å². The molecule has 152 valence electrons. The number of hydrogen-bond acceptors (Lipinski definition) is 3. The fourth-order valence-corrected chi connectivity index (χ4v) is 3.09. The molecule has 0 aromatic heterocycles. The van der Waals surface area contributed by atoms with Gasteiger partial charge in [0.2, 0.25) is 5.91 Å². The number of likely N-dealkylation sites (tertiary alicyclic amines) is 1. The first kappa shape index (κ1) is 23.3. The maximum Gasteiger partial charge on any atom is 0.390 e. The second-order valence-electron chi connectivity index (χ2n) is 6.45. The van der Waals surface area contributed by atoms with E-state index in [2.05, 4.69) is 15.2 Å². The van der Waals surface area contributed by atoms with Crippen LogP contribution in [0.3, 0.4) is 0 Å². The van der Waals surface area contributed by atoms with Crippen molar-refractivity contribution in [1.82, 2.24) is 20.0 Å². The van der Waals surface area contributed by atoms with Crippen molar-refractivity contribution in [2.75, 3.05) is 58.9 Å². The fourth-order valence-electron chi connectivity index (χ4n) is 3.09. The van der Waals surface area contributed by atoms with Crippen LogP contribution in [0, 0.1) is 0 Å². The van der Waals surface area contributed by atoms with Crippen molar-refractivity contribution in [3.63, 3.8) is 0 Å². The van der Waals surface area contributed by atoms with E-state index >= 15 is 0 Å². The normalized spacial score (nSPS) is 19.5. The van der Waals surface area contributed by atoms with Crippen LogP contribution >= 0.6 is 24.0 Å². The lowest BCUT2D eigenvalue weighted by Gasteiger charge is -2.36. The van der Waals surface area contributed by atoms with Gasteiger partial charge in [-0.1, -0.05) is 0 Å². The molecule has 0 atom stereocenters. The highest BCUT2D eigenvalue weighted by Crippen LogP contribution is 2.19. The number of nitrogens with one attached hydrogen (secondary N) is 1. The molecule has 1 amide bonds. The van der Waals surface area contributed by atoms with Gasteiger partial charge < -0.3 is 15.1 Å². The summed E-state index contributed by atoms with van der Waals surface area (Å²) in [7, 11) is 0. The lowest BCUT2D eigenvalue weighted by Crippen LogP contribution is -2.54. The summed E-state index contributed by atoms with van der Waals surface area (Å²) in [5.74, 6) is 0.703. The predicted molar refractivity (Wildman–Crippen MR) is 106 cm³/mol. The third-order valence-electron chi connectivity index (χ3n) is 4.48. The Kier molecular flexibility index (Phi) is 9.98. The van der Waals surface area contributed by atoms with E-state index < -0.39 is 12.6 Å². The highest BCUT2D eigenvalue weighted by atomic mass is 127. The number of piperazine rings is 1. The molecule has 0 aliphatic carbocycles. The van der Waals surface area contributed by atoms with Gasteiger partial charge >= 0.3 is 6.18 Å². The van der Waals surface area contributed by atoms with Crippen LogP contribution in [0.25, 0.3) is 0 Å². The Labute approximate surface area is 170 Å². The summed E-state index contributed by atoms with van der Waals surface area (Å²) in [6.07, 6.45) is -2.93. The van der Waals surface area contributed by atoms with Crippen LogP contribution < -0.4 is 5.32 Å². The Balaban J connectivity index is 0.00000338. The highest BCUT2D eigenvalue weighted by Gasteiger charge is 2.27. The topological polar surface area (TPSA) is 51.2 Å². The summed E-state index contributed by atoms with van der Waals surface area (Å²) in [6.45, 7) is 7.12. The maximum atomic E-state index is 12.3. The van der Waals surface area contributed by atoms with Crippen LogP contribution in [0.15, 0.2) is 4.99 Å². The molecule has 2 rings (SSSR count). The molecule has 0 radical (unpaired) electrons. The van der Waals surface area contributed by atoms with Gasteiger partial charge in [0.25, 0.3) is 0 Å². The van der Waals surface area contributed by atoms with Crippen molar-refractivity contribution < 1.29 is 18.0 Å². The SMILES string of the molecule is CCNC(=NCCC(F)(F)F)N1CCN(CC(=O)N2CCCC2)CC1.I. The van der Waals surface area contributed by atoms with Gasteiger partial charge in [-0.3, -0.25) is 14.7 Å². The van der Waals surface area contributed by atoms with Crippen molar-refractivity contribution in [2.24, 2.45) is 4.99 Å². The average molecular weight is 491 g/mol. The molecule has 0 aromatic carbocycles. The lowest BCUT2D eigenvalue weighted by atomic mass is 10.3. The van der Waals surface area contributed by atoms with E-state index in [4.69, 9.17) is 0 Å². The summed E-state index contributed by atoms with van der Waals surface area (Å²) in [4.78, 5) is 22.3. The molecule has 26 heavy (non-hydrogen) atoms. The van der Waals surface area contributed by atoms with Crippen LogP contribution in [0.4, 0.5) is 13.2 Å². The number of nitrogens with zero attached hydrogens (tertiary/aromatic N) is 4. The Morgan fingerprint density at radius 3 is 2.19 bits per heavy atom. The molecule has 0 spiro atoms. The van der Waals surface area contributed by atoms with E-state index in [0.717, 1.165) is 25.9 Å². The average Bonchev–Trinajstić information content (AvgIpc) is 3.08. The monoisotopic (exact) mass is 491 g/mol. The zero-order valence-electron chi connectivity index (χ0n) is 15.2. The largest absolute Gasteiger partial charge is 0.390 e. The van der Waals surface area contributed by atoms with Gasteiger partial charge in [0.1, 0.15) is 0 Å². The van der Waals surface area contributed by atoms with Gasteiger partial charge in [-0.25, -0.2) is 0 Å². The smallest absolute Gasteiger partial charge is 0.357 e. The van der Waals surface area contributed by atoms with Crippen molar-refractivity contribution >= 4 is 35.8 Å². The fraction of sp³-hybridized carbons (Fsp3) is 0.875. The van der Waals surface area contributed by atoms with Crippen LogP contribution in [-0.2, 0) is 4.79 Å². The van der Waals surface area contributed by atoms with Gasteiger partial charge in [0.15, 0.2) is 5.96 Å². The second-order valence-corrected chi connectivity index (χ2v) is 6.45. The molecule has 2 fully saturated rings. The van der Waals surface area contributed by atoms with E-state index in [1.54, 1.807) is 0 Å². The maximum absolute atomic E-state index is 12.3. The number of halogens is 4. The van der Waals surface area contributed by atoms with Crippen molar-refractivity contribution in [3.8, 4) is 0 Å². The number of carbonyl (C=O) groups is 1. The molecule has 0 bridgehead atoms. The Hall–Kier alpha value is -0.780. The van der Waals surface area contributed by atoms with Crippen LogP contribution in [-0.4, -0.2) is 91.6 Å². The van der Waals surface area contributed by atoms with Crippen LogP contribution in [0.1, 0.15) is 26.2 Å². The zero-order valence-corrected chi connectivity index (χ0v) is 17.6. The molecular formula is C16H29F3IN5O. The highest BCUT2D eigenvalue weighted by molar-refractivity contribution is 14.0. The Morgan fingerprint density at radius 1 is 1.04 bits per heavy atom. The number of rotatable bonds is 5. The molecule has 2 aliphatic heterocycles. The molecule has 2 aliphatic rings. The molecule has 6 nitrogen and oxygen atoms in total. The number of alkyl halides is 3. The summed E-state index contributed by atoms with van der Waals surface area (Å²) in [6, 6.07) is 0. The lowest BCUT2D eigenvalue weighted by molar-refractivity contribution is -0.132. The summed E-state index contributed by atoms with van der Waals surface area (Å²) < 4.78 is 36.9. The minimum atomic E-state index is -4.19. The van der Waals surface area contributed by atoms with Crippen LogP contribution in [0.5, 0.6) is 0 Å². The summed E-state index contributed by atoms with van der Waals surface area (Å²) in [5, 5.41) is 3.05. The molecule has 10 heteroatoms. The molecular weight excluding hydrogens is 462 g/mol. The van der Waals surface area contributed by atoms with Crippen LogP contribution in [0.2, 0.25) is 0 Å². The van der Waals surface area contributed by atoms with Crippen molar-refractivity contribution in [3.05, 3.63) is 0 Å². The van der Waals surface area contributed by atoms with Gasteiger partial charge in [-0.05, 0) is 19.8 Å². The van der Waals surface area contributed by atoms with E-state index in [0.29, 0.717) is 45.2 Å². The first-order valence-corrected chi connectivity index (χ1v) is 8.99. The quantitative estimate of drug-likeness (QED) is 0.362. The minimum Gasteiger partial charge on any atom is -0.357 e. The third-order valence-corrected chi connectivity index (χ3v) is 4.48. The minimum absolute atomic E-state index is 0. The first-order valence-electron chi connectivity index (χ1n) is 8.99. The summed E-state index contributed by atoms with van der Waals surface area (Å²) >= 11 is 0. The first-order chi connectivity index (χ1) is 11.9. The van der Waals surface area contributed by atoms with Gasteiger partial charge in [-0.15, -0.1) is 24.0 Å². The number of aliphatic imine (C=N–C) groups is 1. The predicted octanol–water partition coefficient (Wildman–Crippen LogP) is 1.76. The Bertz CT molecular complexity index is 461. The van der Waals surface area contributed by atoms with Crippen molar-refractivity contribution in [1.29, 1.82) is 0 Å².